The van der Waals surface area contributed by atoms with Gasteiger partial charge in [0.1, 0.15) is 127 Å². The van der Waals surface area contributed by atoms with Crippen LogP contribution in [0, 0.1) is 11.3 Å². The molecule has 7 amide bonds. The van der Waals surface area contributed by atoms with Crippen LogP contribution < -0.4 is 42.5 Å². The summed E-state index contributed by atoms with van der Waals surface area (Å²) in [6.07, 6.45) is -27.0. The Balaban J connectivity index is 1.02. The number of Topliss-reactive ketones (excluding diaryl/α,β-unsaturated/α-hetero) is 2. The standard InChI is InChI=1S/C77H108N10O28S2/c1-36(57-52(94)26-76(4,5)27-53(57)95)78-22-12-11-17-45-67(103)87-58(38(3)92)73(109)86-51(72(108)84-49(29-88)37(2)91)34-117-116-33-50(71(107)82-47(24-40-18-20-42(93)21-19-40)69(105)83-48(70(106)81-45)25-41-28-79-44-16-10-9-15-43(41)44)85-68(104)46(23-39-13-7-6-8-14-39)80-35-77(110)66(102)64(54(96)32-111-77)114-75-63(101)61(99)65(56(31-90)113-75)115-74-62(100)60(98)59(97)55(30-89)112-74/h6-10,13-16,18-21,28,37-38,45-51,54-66,74-75,79-80,88-93,96-102,110H,11-12,17,22-27,29-35H2,1-5H3,(H,81,106)(H,82,107)(H,83,105)(H,84,108)(H,85,104)(H,86,109)(H,87,103)/t37-,38-,45+,46-,47+,48-,49+,50+,51+,54-,55-,56-,58+,59-,60+,61-,62-,63-,64-,65-,66+,74-,75-,77-/m1/s1. The molecule has 38 nitrogen and oxygen atoms in total. The number of phenols is 1. The van der Waals surface area contributed by atoms with Crippen molar-refractivity contribution in [2.24, 2.45) is 16.3 Å². The molecule has 23 N–H and O–H groups in total. The second-order valence-electron chi connectivity index (χ2n) is 30.9. The monoisotopic (exact) mass is 1680 g/mol. The highest BCUT2D eigenvalue weighted by Gasteiger charge is 2.56. The van der Waals surface area contributed by atoms with Gasteiger partial charge in [0.05, 0.1) is 57.3 Å². The molecule has 5 heterocycles. The van der Waals surface area contributed by atoms with E-state index >= 15 is 19.2 Å². The molecule has 0 spiro atoms. The minimum absolute atomic E-state index is 0.0655. The highest BCUT2D eigenvalue weighted by molar-refractivity contribution is 8.76. The summed E-state index contributed by atoms with van der Waals surface area (Å²) in [5, 5.41) is 174. The lowest BCUT2D eigenvalue weighted by molar-refractivity contribution is -0.383. The molecule has 3 aromatic carbocycles. The third-order valence-corrected chi connectivity index (χ3v) is 23.5. The van der Waals surface area contributed by atoms with Crippen molar-refractivity contribution in [3.8, 4) is 5.75 Å². The fourth-order valence-corrected chi connectivity index (χ4v) is 16.7. The number of benzene rings is 3. The summed E-state index contributed by atoms with van der Waals surface area (Å²) in [6.45, 7) is 3.37. The molecule has 117 heavy (non-hydrogen) atoms. The van der Waals surface area contributed by atoms with Crippen LogP contribution in [0.3, 0.4) is 0 Å². The normalized spacial score (nSPS) is 32.1. The molecule has 4 aromatic rings. The van der Waals surface area contributed by atoms with Crippen molar-refractivity contribution in [3.05, 3.63) is 102 Å². The number of aromatic amines is 1. The lowest BCUT2D eigenvalue weighted by Gasteiger charge is -2.48. The quantitative estimate of drug-likeness (QED) is 0.0109. The van der Waals surface area contributed by atoms with Gasteiger partial charge in [0.2, 0.25) is 47.1 Å². The van der Waals surface area contributed by atoms with E-state index in [0.29, 0.717) is 33.3 Å². The van der Waals surface area contributed by atoms with Crippen LogP contribution >= 0.6 is 21.6 Å². The zero-order valence-electron chi connectivity index (χ0n) is 65.0. The van der Waals surface area contributed by atoms with E-state index in [1.54, 1.807) is 67.7 Å². The molecule has 646 valence electrons. The van der Waals surface area contributed by atoms with Gasteiger partial charge in [0.25, 0.3) is 0 Å². The Morgan fingerprint density at radius 1 is 0.667 bits per heavy atom. The fourth-order valence-electron chi connectivity index (χ4n) is 14.3. The van der Waals surface area contributed by atoms with Gasteiger partial charge in [-0.1, -0.05) is 96.1 Å². The topological polar surface area (TPSA) is 607 Å². The first-order valence-electron chi connectivity index (χ1n) is 38.5. The number of nitrogens with one attached hydrogen (secondary N) is 9. The summed E-state index contributed by atoms with van der Waals surface area (Å²) in [7, 11) is 1.68. The molecule has 5 fully saturated rings. The number of carbonyl (C=O) groups excluding carboxylic acids is 9. The van der Waals surface area contributed by atoms with Gasteiger partial charge in [-0.05, 0) is 86.8 Å². The minimum atomic E-state index is -2.84. The SMILES string of the molecule is CC(=NCCCC[C@@H]1NC(=O)[C@@H](Cc2c[nH]c3ccccc23)NC(=O)[C@H](Cc2ccc(O)cc2)NC(=O)[C@@H](NC(=O)[C@@H](Cc2ccccc2)NC[C@@]2(O)OC[C@@H](O)[C@@H](O[C@H]3O[C@H](CO)[C@@H](O[C@H]4O[C@H](CO)[C@@H](O)[C@H](O)[C@H]4O)[C@H](O)[C@H]3O)[C@@H]2O)CSSC[C@@H](C(=O)N[C@@H](CO)[C@@H](C)O)NC(=O)[C@H]([C@@H](C)O)NC1=O)C1C(=O)CC(C)(C)CC1=O. The van der Waals surface area contributed by atoms with Gasteiger partial charge in [0.15, 0.2) is 12.6 Å². The molecule has 9 rings (SSSR count). The van der Waals surface area contributed by atoms with E-state index in [0.717, 1.165) is 21.6 Å². The van der Waals surface area contributed by atoms with Crippen molar-refractivity contribution in [1.29, 1.82) is 0 Å². The van der Waals surface area contributed by atoms with Crippen molar-refractivity contribution in [1.82, 2.24) is 47.5 Å². The second-order valence-corrected chi connectivity index (χ2v) is 33.4. The maximum absolute atomic E-state index is 15.5. The van der Waals surface area contributed by atoms with E-state index in [9.17, 15) is 95.5 Å². The van der Waals surface area contributed by atoms with Crippen LogP contribution in [-0.2, 0) is 86.1 Å². The van der Waals surface area contributed by atoms with E-state index in [-0.39, 0.29) is 75.2 Å². The molecule has 1 aromatic heterocycles. The first kappa shape index (κ1) is 93.1. The fraction of sp³-hybridized carbons (Fsp3) is 0.610. The van der Waals surface area contributed by atoms with Crippen LogP contribution in [0.15, 0.2) is 90.1 Å². The van der Waals surface area contributed by atoms with Crippen molar-refractivity contribution >= 4 is 91.1 Å². The number of rotatable bonds is 28. The predicted octanol–water partition coefficient (Wildman–Crippen LogP) is -5.94. The zero-order chi connectivity index (χ0) is 85.3. The summed E-state index contributed by atoms with van der Waals surface area (Å²) in [5.74, 6) is -12.7. The van der Waals surface area contributed by atoms with E-state index in [4.69, 9.17) is 23.7 Å². The zero-order valence-corrected chi connectivity index (χ0v) is 66.6. The number of fused-ring (bicyclic) bond motifs is 1. The average molecular weight is 1690 g/mol. The molecule has 4 saturated heterocycles. The summed E-state index contributed by atoms with van der Waals surface area (Å²) in [4.78, 5) is 140. The molecule has 0 radical (unpaired) electrons. The summed E-state index contributed by atoms with van der Waals surface area (Å²) in [5.41, 5.74) is 1.73. The van der Waals surface area contributed by atoms with Crippen LogP contribution in [0.25, 0.3) is 10.9 Å². The van der Waals surface area contributed by atoms with Gasteiger partial charge in [-0.2, -0.15) is 0 Å². The van der Waals surface area contributed by atoms with Crippen molar-refractivity contribution < 1.29 is 138 Å². The van der Waals surface area contributed by atoms with Crippen LogP contribution in [0.2, 0.25) is 0 Å². The minimum Gasteiger partial charge on any atom is -0.508 e. The van der Waals surface area contributed by atoms with E-state index < -0.39 is 243 Å². The number of hydrogen-bond acceptors (Lipinski definition) is 32. The van der Waals surface area contributed by atoms with Gasteiger partial charge >= 0.3 is 0 Å². The number of unbranched alkanes of at least 4 members (excludes halogenated alkanes) is 1. The number of nitrogens with zero attached hydrogens (tertiary/aromatic N) is 1. The molecule has 5 aliphatic rings. The number of carbonyl (C=O) groups is 9. The summed E-state index contributed by atoms with van der Waals surface area (Å²) in [6, 6.07) is 7.78. The number of ketones is 2. The molecule has 1 aliphatic carbocycles. The third-order valence-electron chi connectivity index (χ3n) is 21.1. The predicted molar refractivity (Wildman–Crippen MR) is 417 cm³/mol. The van der Waals surface area contributed by atoms with Crippen LogP contribution in [0.1, 0.15) is 83.4 Å². The maximum Gasteiger partial charge on any atom is 0.245 e. The molecule has 1 saturated carbocycles. The van der Waals surface area contributed by atoms with Gasteiger partial charge in [0, 0.05) is 66.5 Å². The Morgan fingerprint density at radius 3 is 1.91 bits per heavy atom. The number of aromatic nitrogens is 1. The first-order chi connectivity index (χ1) is 55.5. The summed E-state index contributed by atoms with van der Waals surface area (Å²) < 4.78 is 28.2. The van der Waals surface area contributed by atoms with Crippen LogP contribution in [-0.4, -0.2) is 332 Å². The Hall–Kier alpha value is -7.76. The largest absolute Gasteiger partial charge is 0.508 e. The average Bonchev–Trinajstić information content (AvgIpc) is 1.72. The highest BCUT2D eigenvalue weighted by Crippen LogP contribution is 2.36. The van der Waals surface area contributed by atoms with Crippen LogP contribution in [0.4, 0.5) is 0 Å². The van der Waals surface area contributed by atoms with E-state index in [1.807, 2.05) is 13.8 Å². The molecule has 40 heteroatoms. The van der Waals surface area contributed by atoms with Gasteiger partial charge in [-0.25, -0.2) is 0 Å². The number of aromatic hydroxyl groups is 1. The maximum atomic E-state index is 15.5. The lowest BCUT2D eigenvalue weighted by Crippen LogP contribution is -2.69. The van der Waals surface area contributed by atoms with Gasteiger partial charge < -0.3 is 143 Å². The Bertz CT molecular complexity index is 4030. The number of phenolic OH excluding ortho intramolecular Hbond substituents is 1. The number of aliphatic imine (C=N–C) groups is 1. The summed E-state index contributed by atoms with van der Waals surface area (Å²) >= 11 is 0. The molecule has 4 aliphatic heterocycles. The Kier molecular flexibility index (Phi) is 33.8. The third kappa shape index (κ3) is 24.5. The number of aliphatic hydroxyl groups is 13. The lowest BCUT2D eigenvalue weighted by atomic mass is 9.70. The van der Waals surface area contributed by atoms with Crippen molar-refractivity contribution in [3.63, 3.8) is 0 Å². The van der Waals surface area contributed by atoms with Crippen molar-refractivity contribution in [2.75, 3.05) is 51.0 Å². The van der Waals surface area contributed by atoms with E-state index in [1.165, 1.54) is 38.1 Å². The number of H-pyrrole nitrogens is 1. The van der Waals surface area contributed by atoms with Crippen molar-refractivity contribution in [2.45, 2.75) is 232 Å². The number of amides is 7. The number of ether oxygens (including phenoxy) is 5. The van der Waals surface area contributed by atoms with E-state index in [2.05, 4.69) is 52.5 Å². The Morgan fingerprint density at radius 2 is 1.26 bits per heavy atom. The first-order valence-corrected chi connectivity index (χ1v) is 41.0. The molecule has 0 unspecified atom stereocenters. The molecular weight excluding hydrogens is 1580 g/mol. The smallest absolute Gasteiger partial charge is 0.245 e. The number of hydrogen-bond donors (Lipinski definition) is 23. The molecule has 24 atom stereocenters. The number of aliphatic hydroxyl groups excluding tert-OH is 12. The Labute approximate surface area is 680 Å². The second kappa shape index (κ2) is 42.5. The van der Waals surface area contributed by atoms with Gasteiger partial charge in [-0.15, -0.1) is 0 Å². The highest BCUT2D eigenvalue weighted by atomic mass is 33.1. The molecular formula is C77H108N10O28S2. The van der Waals surface area contributed by atoms with Crippen LogP contribution in [0.5, 0.6) is 5.75 Å². The van der Waals surface area contributed by atoms with Gasteiger partial charge in [-0.3, -0.25) is 48.1 Å². The molecule has 0 bridgehead atoms. The number of para-hydroxylation sites is 1.